The monoisotopic (exact) mass is 401 g/mol. The van der Waals surface area contributed by atoms with Gasteiger partial charge in [0.2, 0.25) is 11.7 Å². The number of ether oxygens (including phenoxy) is 2. The van der Waals surface area contributed by atoms with Gasteiger partial charge in [-0.1, -0.05) is 23.7 Å². The molecule has 3 aromatic rings. The van der Waals surface area contributed by atoms with E-state index in [0.717, 1.165) is 5.56 Å². The smallest absolute Gasteiger partial charge is 0.244 e. The molecule has 1 N–H and O–H groups in total. The third kappa shape index (κ3) is 4.40. The highest BCUT2D eigenvalue weighted by molar-refractivity contribution is 6.33. The molecule has 8 nitrogen and oxygen atoms in total. The molecule has 2 aromatic carbocycles. The van der Waals surface area contributed by atoms with Crippen molar-refractivity contribution in [3.63, 3.8) is 0 Å². The van der Waals surface area contributed by atoms with Crippen LogP contribution in [-0.4, -0.2) is 40.3 Å². The number of carbonyl (C=O) groups is 1. The highest BCUT2D eigenvalue weighted by Gasteiger charge is 2.17. The summed E-state index contributed by atoms with van der Waals surface area (Å²) >= 11 is 6.15. The van der Waals surface area contributed by atoms with Crippen molar-refractivity contribution in [3.05, 3.63) is 53.1 Å². The van der Waals surface area contributed by atoms with Crippen LogP contribution in [0.3, 0.4) is 0 Å². The van der Waals surface area contributed by atoms with Crippen LogP contribution in [0, 0.1) is 0 Å². The molecule has 0 saturated heterocycles. The van der Waals surface area contributed by atoms with Crippen molar-refractivity contribution in [1.82, 2.24) is 25.5 Å². The molecule has 0 fully saturated rings. The lowest BCUT2D eigenvalue weighted by Gasteiger charge is -2.18. The van der Waals surface area contributed by atoms with Gasteiger partial charge in [-0.15, -0.1) is 10.2 Å². The lowest BCUT2D eigenvalue weighted by molar-refractivity contribution is -0.122. The quantitative estimate of drug-likeness (QED) is 0.654. The van der Waals surface area contributed by atoms with Gasteiger partial charge in [0.1, 0.15) is 18.0 Å². The molecule has 1 amide bonds. The van der Waals surface area contributed by atoms with Gasteiger partial charge in [0.05, 0.1) is 25.3 Å². The molecule has 0 saturated carbocycles. The Morgan fingerprint density at radius 1 is 1.21 bits per heavy atom. The van der Waals surface area contributed by atoms with Gasteiger partial charge in [0.25, 0.3) is 0 Å². The molecule has 0 bridgehead atoms. The van der Waals surface area contributed by atoms with E-state index in [2.05, 4.69) is 20.7 Å². The van der Waals surface area contributed by atoms with Crippen LogP contribution in [0.2, 0.25) is 5.02 Å². The Kier molecular flexibility index (Phi) is 6.10. The first kappa shape index (κ1) is 19.6. The van der Waals surface area contributed by atoms with E-state index < -0.39 is 0 Å². The second-order valence-corrected chi connectivity index (χ2v) is 6.43. The number of methoxy groups -OCH3 is 2. The van der Waals surface area contributed by atoms with Gasteiger partial charge >= 0.3 is 0 Å². The first-order chi connectivity index (χ1) is 13.5. The maximum Gasteiger partial charge on any atom is 0.244 e. The SMILES string of the molecule is COc1ccc(OC)c([C@H](C)NC(=O)Cn2nnc(-c3ccccc3Cl)n2)c1. The lowest BCUT2D eigenvalue weighted by Crippen LogP contribution is -2.31. The van der Waals surface area contributed by atoms with E-state index >= 15 is 0 Å². The standard InChI is InChI=1S/C19H20ClN5O3/c1-12(15-10-13(27-2)8-9-17(15)28-3)21-18(26)11-25-23-19(22-24-25)14-6-4-5-7-16(14)20/h4-10,12H,11H2,1-3H3,(H,21,26)/t12-/m0/s1. The molecular formula is C19H20ClN5O3. The Morgan fingerprint density at radius 3 is 2.71 bits per heavy atom. The van der Waals surface area contributed by atoms with Crippen LogP contribution < -0.4 is 14.8 Å². The Labute approximate surface area is 167 Å². The van der Waals surface area contributed by atoms with Gasteiger partial charge in [-0.25, -0.2) is 0 Å². The second kappa shape index (κ2) is 8.71. The van der Waals surface area contributed by atoms with E-state index in [1.54, 1.807) is 38.5 Å². The van der Waals surface area contributed by atoms with Crippen LogP contribution in [0.4, 0.5) is 0 Å². The summed E-state index contributed by atoms with van der Waals surface area (Å²) in [5.74, 6) is 1.44. The predicted molar refractivity (Wildman–Crippen MR) is 104 cm³/mol. The van der Waals surface area contributed by atoms with Crippen molar-refractivity contribution in [2.45, 2.75) is 19.5 Å². The normalized spacial score (nSPS) is 11.7. The van der Waals surface area contributed by atoms with Crippen LogP contribution in [0.1, 0.15) is 18.5 Å². The minimum Gasteiger partial charge on any atom is -0.497 e. The lowest BCUT2D eigenvalue weighted by atomic mass is 10.1. The number of amides is 1. The van der Waals surface area contributed by atoms with E-state index in [1.165, 1.54) is 4.80 Å². The van der Waals surface area contributed by atoms with Crippen LogP contribution in [0.5, 0.6) is 11.5 Å². The summed E-state index contributed by atoms with van der Waals surface area (Å²) in [6.07, 6.45) is 0. The fraction of sp³-hybridized carbons (Fsp3) is 0.263. The largest absolute Gasteiger partial charge is 0.497 e. The van der Waals surface area contributed by atoms with Gasteiger partial charge in [0.15, 0.2) is 0 Å². The van der Waals surface area contributed by atoms with Crippen molar-refractivity contribution < 1.29 is 14.3 Å². The van der Waals surface area contributed by atoms with E-state index in [9.17, 15) is 4.79 Å². The van der Waals surface area contributed by atoms with E-state index in [-0.39, 0.29) is 18.5 Å². The molecule has 3 rings (SSSR count). The molecule has 0 spiro atoms. The molecule has 0 aliphatic rings. The summed E-state index contributed by atoms with van der Waals surface area (Å²) in [7, 11) is 3.16. The molecule has 9 heteroatoms. The Bertz CT molecular complexity index is 976. The minimum absolute atomic E-state index is 0.0753. The summed E-state index contributed by atoms with van der Waals surface area (Å²) in [5.41, 5.74) is 1.46. The molecule has 0 unspecified atom stereocenters. The minimum atomic E-state index is -0.302. The fourth-order valence-corrected chi connectivity index (χ4v) is 2.95. The van der Waals surface area contributed by atoms with Gasteiger partial charge < -0.3 is 14.8 Å². The fourth-order valence-electron chi connectivity index (χ4n) is 2.73. The topological polar surface area (TPSA) is 91.2 Å². The summed E-state index contributed by atoms with van der Waals surface area (Å²) in [5, 5.41) is 15.5. The molecule has 0 aliphatic heterocycles. The van der Waals surface area contributed by atoms with Crippen molar-refractivity contribution >= 4 is 17.5 Å². The Morgan fingerprint density at radius 2 is 2.00 bits per heavy atom. The van der Waals surface area contributed by atoms with Crippen molar-refractivity contribution in [2.24, 2.45) is 0 Å². The number of hydrogen-bond donors (Lipinski definition) is 1. The first-order valence-corrected chi connectivity index (χ1v) is 8.93. The molecule has 28 heavy (non-hydrogen) atoms. The molecular weight excluding hydrogens is 382 g/mol. The van der Waals surface area contributed by atoms with Crippen LogP contribution in [-0.2, 0) is 11.3 Å². The van der Waals surface area contributed by atoms with Crippen LogP contribution in [0.25, 0.3) is 11.4 Å². The van der Waals surface area contributed by atoms with Crippen LogP contribution >= 0.6 is 11.6 Å². The number of benzene rings is 2. The number of rotatable bonds is 7. The van der Waals surface area contributed by atoms with Crippen molar-refractivity contribution in [1.29, 1.82) is 0 Å². The van der Waals surface area contributed by atoms with Crippen molar-refractivity contribution in [2.75, 3.05) is 14.2 Å². The molecule has 0 aliphatic carbocycles. The summed E-state index contributed by atoms with van der Waals surface area (Å²) < 4.78 is 10.6. The molecule has 0 radical (unpaired) electrons. The van der Waals surface area contributed by atoms with E-state index in [0.29, 0.717) is 27.9 Å². The zero-order valence-corrected chi connectivity index (χ0v) is 16.5. The molecule has 1 atom stereocenters. The van der Waals surface area contributed by atoms with Crippen molar-refractivity contribution in [3.8, 4) is 22.9 Å². The van der Waals surface area contributed by atoms with E-state index in [1.807, 2.05) is 25.1 Å². The summed E-state index contributed by atoms with van der Waals surface area (Å²) in [6.45, 7) is 1.78. The van der Waals surface area contributed by atoms with E-state index in [4.69, 9.17) is 21.1 Å². The maximum absolute atomic E-state index is 12.4. The third-order valence-corrected chi connectivity index (χ3v) is 4.46. The number of tetrazole rings is 1. The zero-order valence-electron chi connectivity index (χ0n) is 15.7. The Balaban J connectivity index is 1.69. The van der Waals surface area contributed by atoms with Gasteiger partial charge in [0, 0.05) is 11.1 Å². The molecule has 146 valence electrons. The first-order valence-electron chi connectivity index (χ1n) is 8.55. The predicted octanol–water partition coefficient (Wildman–Crippen LogP) is 2.89. The van der Waals surface area contributed by atoms with Crippen LogP contribution in [0.15, 0.2) is 42.5 Å². The third-order valence-electron chi connectivity index (χ3n) is 4.13. The number of nitrogens with one attached hydrogen (secondary N) is 1. The summed E-state index contributed by atoms with van der Waals surface area (Å²) in [6, 6.07) is 12.3. The molecule has 1 heterocycles. The number of nitrogens with zero attached hydrogens (tertiary/aromatic N) is 4. The number of carbonyl (C=O) groups excluding carboxylic acids is 1. The van der Waals surface area contributed by atoms with Gasteiger partial charge in [-0.3, -0.25) is 4.79 Å². The number of aromatic nitrogens is 4. The summed E-state index contributed by atoms with van der Waals surface area (Å²) in [4.78, 5) is 13.7. The average molecular weight is 402 g/mol. The maximum atomic E-state index is 12.4. The second-order valence-electron chi connectivity index (χ2n) is 6.02. The van der Waals surface area contributed by atoms with Gasteiger partial charge in [-0.2, -0.15) is 4.80 Å². The highest BCUT2D eigenvalue weighted by Crippen LogP contribution is 2.29. The highest BCUT2D eigenvalue weighted by atomic mass is 35.5. The zero-order chi connectivity index (χ0) is 20.1. The molecule has 1 aromatic heterocycles. The van der Waals surface area contributed by atoms with Gasteiger partial charge in [-0.05, 0) is 42.5 Å². The average Bonchev–Trinajstić information content (AvgIpc) is 3.15. The Hall–Kier alpha value is -3.13. The number of hydrogen-bond acceptors (Lipinski definition) is 6. The number of halogens is 1.